The van der Waals surface area contributed by atoms with Gasteiger partial charge in [0.2, 0.25) is 5.95 Å². The van der Waals surface area contributed by atoms with Crippen LogP contribution in [0, 0.1) is 6.92 Å². The summed E-state index contributed by atoms with van der Waals surface area (Å²) in [7, 11) is 0. The number of benzene rings is 1. The summed E-state index contributed by atoms with van der Waals surface area (Å²) in [6.07, 6.45) is 2.65. The molecule has 1 atom stereocenters. The zero-order valence-corrected chi connectivity index (χ0v) is 11.8. The molecule has 2 heterocycles. The molecule has 1 aliphatic rings. The minimum absolute atomic E-state index is 0.516. The Hall–Kier alpha value is -1.55. The lowest BCUT2D eigenvalue weighted by molar-refractivity contribution is 0.238. The zero-order valence-electron chi connectivity index (χ0n) is 11.8. The van der Waals surface area contributed by atoms with Crippen molar-refractivity contribution in [1.82, 2.24) is 14.5 Å². The van der Waals surface area contributed by atoms with Crippen molar-refractivity contribution >= 4 is 17.0 Å². The van der Waals surface area contributed by atoms with Crippen LogP contribution in [0.2, 0.25) is 0 Å². The number of anilines is 1. The third-order valence-corrected chi connectivity index (χ3v) is 4.14. The predicted octanol–water partition coefficient (Wildman–Crippen LogP) is 2.41. The van der Waals surface area contributed by atoms with Gasteiger partial charge in [-0.05, 0) is 57.5 Å². The van der Waals surface area contributed by atoms with E-state index in [1.54, 1.807) is 0 Å². The van der Waals surface area contributed by atoms with Gasteiger partial charge in [0.25, 0.3) is 0 Å². The molecule has 1 aromatic heterocycles. The summed E-state index contributed by atoms with van der Waals surface area (Å²) in [5.41, 5.74) is 9.49. The maximum Gasteiger partial charge on any atom is 0.201 e. The molecule has 1 aliphatic heterocycles. The highest BCUT2D eigenvalue weighted by atomic mass is 15.2. The highest BCUT2D eigenvalue weighted by Crippen LogP contribution is 2.21. The van der Waals surface area contributed by atoms with Crippen LogP contribution in [-0.4, -0.2) is 33.6 Å². The Kier molecular flexibility index (Phi) is 3.19. The van der Waals surface area contributed by atoms with Crippen molar-refractivity contribution in [1.29, 1.82) is 0 Å². The van der Waals surface area contributed by atoms with Crippen LogP contribution in [0.1, 0.15) is 25.3 Å². The monoisotopic (exact) mass is 258 g/mol. The Morgan fingerprint density at radius 3 is 2.79 bits per heavy atom. The van der Waals surface area contributed by atoms with Gasteiger partial charge < -0.3 is 10.3 Å². The number of nitrogens with zero attached hydrogens (tertiary/aromatic N) is 3. The first kappa shape index (κ1) is 12.5. The predicted molar refractivity (Wildman–Crippen MR) is 79.2 cm³/mol. The molecule has 0 aliphatic carbocycles. The van der Waals surface area contributed by atoms with Crippen LogP contribution in [-0.2, 0) is 6.54 Å². The summed E-state index contributed by atoms with van der Waals surface area (Å²) in [6.45, 7) is 7.74. The van der Waals surface area contributed by atoms with Crippen LogP contribution < -0.4 is 5.73 Å². The maximum absolute atomic E-state index is 6.08. The number of nitrogens with two attached hydrogens (primary N) is 1. The summed E-state index contributed by atoms with van der Waals surface area (Å²) in [6, 6.07) is 6.83. The summed E-state index contributed by atoms with van der Waals surface area (Å²) < 4.78 is 2.16. The van der Waals surface area contributed by atoms with Gasteiger partial charge in [-0.15, -0.1) is 0 Å². The minimum atomic E-state index is 0.516. The second-order valence-corrected chi connectivity index (χ2v) is 5.66. The van der Waals surface area contributed by atoms with Gasteiger partial charge in [-0.25, -0.2) is 4.98 Å². The third-order valence-electron chi connectivity index (χ3n) is 4.14. The van der Waals surface area contributed by atoms with E-state index in [0.717, 1.165) is 17.6 Å². The van der Waals surface area contributed by atoms with Crippen molar-refractivity contribution in [2.75, 3.05) is 18.8 Å². The van der Waals surface area contributed by atoms with E-state index in [9.17, 15) is 0 Å². The van der Waals surface area contributed by atoms with E-state index in [2.05, 4.69) is 46.5 Å². The van der Waals surface area contributed by atoms with Crippen LogP contribution in [0.25, 0.3) is 11.0 Å². The molecule has 4 heteroatoms. The molecule has 0 saturated carbocycles. The molecule has 102 valence electrons. The summed E-state index contributed by atoms with van der Waals surface area (Å²) in [5.74, 6) is 0.631. The smallest absolute Gasteiger partial charge is 0.201 e. The van der Waals surface area contributed by atoms with Gasteiger partial charge in [-0.2, -0.15) is 0 Å². The number of likely N-dealkylation sites (tertiary alicyclic amines) is 1. The lowest BCUT2D eigenvalue weighted by Crippen LogP contribution is -2.33. The van der Waals surface area contributed by atoms with E-state index in [0.29, 0.717) is 12.0 Å². The average Bonchev–Trinajstić information content (AvgIpc) is 2.99. The number of hydrogen-bond acceptors (Lipinski definition) is 3. The van der Waals surface area contributed by atoms with Gasteiger partial charge >= 0.3 is 0 Å². The third kappa shape index (κ3) is 2.32. The molecule has 0 radical (unpaired) electrons. The maximum atomic E-state index is 6.08. The van der Waals surface area contributed by atoms with Crippen molar-refractivity contribution in [2.24, 2.45) is 0 Å². The van der Waals surface area contributed by atoms with Crippen LogP contribution in [0.3, 0.4) is 0 Å². The van der Waals surface area contributed by atoms with E-state index in [-0.39, 0.29) is 0 Å². The largest absolute Gasteiger partial charge is 0.369 e. The first-order chi connectivity index (χ1) is 9.15. The number of nitrogen functional groups attached to an aromatic ring is 1. The molecule has 2 aromatic rings. The summed E-state index contributed by atoms with van der Waals surface area (Å²) in [4.78, 5) is 7.00. The van der Waals surface area contributed by atoms with Crippen molar-refractivity contribution in [2.45, 2.75) is 39.3 Å². The van der Waals surface area contributed by atoms with Crippen molar-refractivity contribution in [3.63, 3.8) is 0 Å². The Morgan fingerprint density at radius 1 is 1.32 bits per heavy atom. The zero-order chi connectivity index (χ0) is 13.4. The standard InChI is InChI=1S/C15H22N4/c1-11-5-6-13-14(9-11)19(15(16)17-13)10-12(2)18-7-3-4-8-18/h5-6,9,12H,3-4,7-8,10H2,1-2H3,(H2,16,17). The number of aromatic nitrogens is 2. The fraction of sp³-hybridized carbons (Fsp3) is 0.533. The normalized spacial score (nSPS) is 18.2. The van der Waals surface area contributed by atoms with Crippen molar-refractivity contribution < 1.29 is 0 Å². The Balaban J connectivity index is 1.90. The van der Waals surface area contributed by atoms with Crippen LogP contribution in [0.5, 0.6) is 0 Å². The molecule has 1 saturated heterocycles. The summed E-state index contributed by atoms with van der Waals surface area (Å²) in [5, 5.41) is 0. The molecule has 0 spiro atoms. The molecule has 4 nitrogen and oxygen atoms in total. The van der Waals surface area contributed by atoms with Crippen LogP contribution in [0.4, 0.5) is 5.95 Å². The summed E-state index contributed by atoms with van der Waals surface area (Å²) >= 11 is 0. The first-order valence-corrected chi connectivity index (χ1v) is 7.11. The number of rotatable bonds is 3. The fourth-order valence-electron chi connectivity index (χ4n) is 3.01. The Labute approximate surface area is 114 Å². The molecule has 1 fully saturated rings. The molecular formula is C15H22N4. The molecule has 0 bridgehead atoms. The lowest BCUT2D eigenvalue weighted by atomic mass is 10.2. The van der Waals surface area contributed by atoms with Crippen LogP contribution >= 0.6 is 0 Å². The van der Waals surface area contributed by atoms with Gasteiger partial charge in [0, 0.05) is 12.6 Å². The number of aryl methyl sites for hydroxylation is 1. The second kappa shape index (κ2) is 4.85. The van der Waals surface area contributed by atoms with Gasteiger partial charge in [-0.3, -0.25) is 4.90 Å². The van der Waals surface area contributed by atoms with Crippen molar-refractivity contribution in [3.05, 3.63) is 23.8 Å². The lowest BCUT2D eigenvalue weighted by Gasteiger charge is -2.24. The molecular weight excluding hydrogens is 236 g/mol. The highest BCUT2D eigenvalue weighted by molar-refractivity contribution is 5.79. The molecule has 2 N–H and O–H groups in total. The quantitative estimate of drug-likeness (QED) is 0.919. The van der Waals surface area contributed by atoms with Crippen LogP contribution in [0.15, 0.2) is 18.2 Å². The molecule has 1 aromatic carbocycles. The average molecular weight is 258 g/mol. The first-order valence-electron chi connectivity index (χ1n) is 7.11. The van der Waals surface area contributed by atoms with Gasteiger partial charge in [0.15, 0.2) is 0 Å². The second-order valence-electron chi connectivity index (χ2n) is 5.66. The Morgan fingerprint density at radius 2 is 2.05 bits per heavy atom. The van der Waals surface area contributed by atoms with E-state index >= 15 is 0 Å². The number of fused-ring (bicyclic) bond motifs is 1. The van der Waals surface area contributed by atoms with Gasteiger partial charge in [-0.1, -0.05) is 6.07 Å². The van der Waals surface area contributed by atoms with E-state index in [1.807, 2.05) is 0 Å². The highest BCUT2D eigenvalue weighted by Gasteiger charge is 2.20. The minimum Gasteiger partial charge on any atom is -0.369 e. The van der Waals surface area contributed by atoms with Crippen molar-refractivity contribution in [3.8, 4) is 0 Å². The molecule has 3 rings (SSSR count). The number of hydrogen-bond donors (Lipinski definition) is 1. The Bertz CT molecular complexity index is 581. The van der Waals surface area contributed by atoms with Gasteiger partial charge in [0.05, 0.1) is 11.0 Å². The molecule has 19 heavy (non-hydrogen) atoms. The van der Waals surface area contributed by atoms with Gasteiger partial charge in [0.1, 0.15) is 0 Å². The SMILES string of the molecule is Cc1ccc2nc(N)n(CC(C)N3CCCC3)c2c1. The van der Waals surface area contributed by atoms with E-state index in [1.165, 1.54) is 31.5 Å². The topological polar surface area (TPSA) is 47.1 Å². The number of imidazole rings is 1. The van der Waals surface area contributed by atoms with E-state index in [4.69, 9.17) is 5.73 Å². The van der Waals surface area contributed by atoms with E-state index < -0.39 is 0 Å². The molecule has 1 unspecified atom stereocenters. The fourth-order valence-corrected chi connectivity index (χ4v) is 3.01. The molecule has 0 amide bonds.